The maximum absolute atomic E-state index is 12.0. The van der Waals surface area contributed by atoms with Crippen LogP contribution >= 0.6 is 0 Å². The minimum atomic E-state index is -1.10. The molecule has 1 heterocycles. The fourth-order valence-electron chi connectivity index (χ4n) is 2.03. The number of nitrogens with one attached hydrogen (secondary N) is 1. The molecule has 2 rings (SSSR count). The smallest absolute Gasteiger partial charge is 0.354 e. The van der Waals surface area contributed by atoms with Gasteiger partial charge in [0.15, 0.2) is 0 Å². The molecule has 1 unspecified atom stereocenters. The van der Waals surface area contributed by atoms with E-state index in [9.17, 15) is 9.59 Å². The van der Waals surface area contributed by atoms with Crippen molar-refractivity contribution in [2.24, 2.45) is 0 Å². The SMILES string of the molecule is CC(C(=O)NCCc1ccccc1)n1nccc1C(=O)O. The predicted molar refractivity (Wildman–Crippen MR) is 77.1 cm³/mol. The molecule has 0 aliphatic heterocycles. The highest BCUT2D eigenvalue weighted by molar-refractivity contribution is 5.87. The molecule has 1 amide bonds. The minimum Gasteiger partial charge on any atom is -0.477 e. The van der Waals surface area contributed by atoms with Gasteiger partial charge in [0.05, 0.1) is 0 Å². The number of rotatable bonds is 6. The van der Waals surface area contributed by atoms with Crippen LogP contribution in [0.3, 0.4) is 0 Å². The first-order valence-electron chi connectivity index (χ1n) is 6.68. The van der Waals surface area contributed by atoms with E-state index in [0.717, 1.165) is 12.0 Å². The van der Waals surface area contributed by atoms with Crippen LogP contribution < -0.4 is 5.32 Å². The molecule has 110 valence electrons. The predicted octanol–water partition coefficient (Wildman–Crippen LogP) is 1.50. The lowest BCUT2D eigenvalue weighted by molar-refractivity contribution is -0.124. The highest BCUT2D eigenvalue weighted by atomic mass is 16.4. The van der Waals surface area contributed by atoms with Crippen LogP contribution in [0.1, 0.15) is 29.0 Å². The Morgan fingerprint density at radius 1 is 1.29 bits per heavy atom. The summed E-state index contributed by atoms with van der Waals surface area (Å²) in [6, 6.07) is 10.5. The standard InChI is InChI=1S/C15H17N3O3/c1-11(18-13(15(20)21)8-10-17-18)14(19)16-9-7-12-5-3-2-4-6-12/h2-6,8,10-11H,7,9H2,1H3,(H,16,19)(H,20,21). The fraction of sp³-hybridized carbons (Fsp3) is 0.267. The summed E-state index contributed by atoms with van der Waals surface area (Å²) in [7, 11) is 0. The van der Waals surface area contributed by atoms with Gasteiger partial charge in [0, 0.05) is 12.7 Å². The number of nitrogens with zero attached hydrogens (tertiary/aromatic N) is 2. The number of aromatic nitrogens is 2. The molecule has 6 nitrogen and oxygen atoms in total. The number of carboxylic acids is 1. The molecule has 6 heteroatoms. The molecule has 2 N–H and O–H groups in total. The summed E-state index contributed by atoms with van der Waals surface area (Å²) < 4.78 is 1.21. The molecule has 1 aromatic heterocycles. The maximum Gasteiger partial charge on any atom is 0.354 e. The van der Waals surface area contributed by atoms with Gasteiger partial charge in [-0.25, -0.2) is 9.48 Å². The number of amides is 1. The average Bonchev–Trinajstić information content (AvgIpc) is 2.97. The van der Waals surface area contributed by atoms with E-state index in [1.807, 2.05) is 30.3 Å². The number of carboxylic acid groups (broad SMARTS) is 1. The van der Waals surface area contributed by atoms with Crippen LogP contribution in [0.2, 0.25) is 0 Å². The van der Waals surface area contributed by atoms with E-state index in [1.54, 1.807) is 6.92 Å². The Labute approximate surface area is 122 Å². The van der Waals surface area contributed by atoms with E-state index in [2.05, 4.69) is 10.4 Å². The van der Waals surface area contributed by atoms with Gasteiger partial charge in [-0.15, -0.1) is 0 Å². The Morgan fingerprint density at radius 3 is 2.67 bits per heavy atom. The molecule has 0 fully saturated rings. The van der Waals surface area contributed by atoms with Gasteiger partial charge in [-0.1, -0.05) is 30.3 Å². The van der Waals surface area contributed by atoms with Gasteiger partial charge in [0.1, 0.15) is 11.7 Å². The number of hydrogen-bond acceptors (Lipinski definition) is 3. The van der Waals surface area contributed by atoms with Crippen molar-refractivity contribution in [3.05, 3.63) is 53.9 Å². The molecule has 0 aliphatic carbocycles. The summed E-state index contributed by atoms with van der Waals surface area (Å²) in [5, 5.41) is 15.7. The number of carbonyl (C=O) groups is 2. The molecule has 0 bridgehead atoms. The molecule has 0 saturated heterocycles. The van der Waals surface area contributed by atoms with Crippen LogP contribution in [0.25, 0.3) is 0 Å². The molecule has 0 saturated carbocycles. The van der Waals surface area contributed by atoms with Gasteiger partial charge in [-0.3, -0.25) is 4.79 Å². The Kier molecular flexibility index (Phi) is 4.71. The lowest BCUT2D eigenvalue weighted by Gasteiger charge is -2.14. The molecular weight excluding hydrogens is 270 g/mol. The van der Waals surface area contributed by atoms with E-state index < -0.39 is 12.0 Å². The summed E-state index contributed by atoms with van der Waals surface area (Å²) in [6.07, 6.45) is 2.10. The lowest BCUT2D eigenvalue weighted by atomic mass is 10.1. The van der Waals surface area contributed by atoms with Gasteiger partial charge < -0.3 is 10.4 Å². The van der Waals surface area contributed by atoms with E-state index >= 15 is 0 Å². The normalized spacial score (nSPS) is 11.9. The Morgan fingerprint density at radius 2 is 2.00 bits per heavy atom. The third-order valence-electron chi connectivity index (χ3n) is 3.19. The topological polar surface area (TPSA) is 84.2 Å². The van der Waals surface area contributed by atoms with E-state index in [0.29, 0.717) is 6.54 Å². The molecule has 1 aromatic carbocycles. The quantitative estimate of drug-likeness (QED) is 0.843. The lowest BCUT2D eigenvalue weighted by Crippen LogP contribution is -2.34. The van der Waals surface area contributed by atoms with Gasteiger partial charge >= 0.3 is 5.97 Å². The van der Waals surface area contributed by atoms with Gasteiger partial charge in [-0.05, 0) is 25.0 Å². The molecule has 0 radical (unpaired) electrons. The zero-order valence-corrected chi connectivity index (χ0v) is 11.7. The summed E-state index contributed by atoms with van der Waals surface area (Å²) >= 11 is 0. The first-order valence-corrected chi connectivity index (χ1v) is 6.68. The van der Waals surface area contributed by atoms with Crippen LogP contribution in [0.15, 0.2) is 42.6 Å². The number of carbonyl (C=O) groups excluding carboxylic acids is 1. The van der Waals surface area contributed by atoms with Gasteiger partial charge in [0.2, 0.25) is 5.91 Å². The molecule has 21 heavy (non-hydrogen) atoms. The second-order valence-corrected chi connectivity index (χ2v) is 4.67. The van der Waals surface area contributed by atoms with Crippen LogP contribution in [-0.2, 0) is 11.2 Å². The summed E-state index contributed by atoms with van der Waals surface area (Å²) in [5.41, 5.74) is 1.14. The van der Waals surface area contributed by atoms with Gasteiger partial charge in [0.25, 0.3) is 0 Å². The second-order valence-electron chi connectivity index (χ2n) is 4.67. The highest BCUT2D eigenvalue weighted by Gasteiger charge is 2.20. The molecule has 0 aliphatic rings. The van der Waals surface area contributed by atoms with Crippen LogP contribution in [0.4, 0.5) is 0 Å². The van der Waals surface area contributed by atoms with Crippen molar-refractivity contribution in [2.75, 3.05) is 6.54 Å². The molecule has 0 spiro atoms. The Balaban J connectivity index is 1.91. The first-order chi connectivity index (χ1) is 10.1. The van der Waals surface area contributed by atoms with Crippen molar-refractivity contribution in [3.8, 4) is 0 Å². The largest absolute Gasteiger partial charge is 0.477 e. The number of aromatic carboxylic acids is 1. The minimum absolute atomic E-state index is 0.000657. The summed E-state index contributed by atoms with van der Waals surface area (Å²) in [5.74, 6) is -1.35. The van der Waals surface area contributed by atoms with Crippen molar-refractivity contribution >= 4 is 11.9 Å². The fourth-order valence-corrected chi connectivity index (χ4v) is 2.03. The zero-order valence-electron chi connectivity index (χ0n) is 11.7. The van der Waals surface area contributed by atoms with Crippen LogP contribution in [-0.4, -0.2) is 33.3 Å². The Bertz CT molecular complexity index is 622. The van der Waals surface area contributed by atoms with Crippen molar-refractivity contribution < 1.29 is 14.7 Å². The average molecular weight is 287 g/mol. The van der Waals surface area contributed by atoms with Gasteiger partial charge in [-0.2, -0.15) is 5.10 Å². The van der Waals surface area contributed by atoms with E-state index in [1.165, 1.54) is 16.9 Å². The molecule has 1 atom stereocenters. The zero-order chi connectivity index (χ0) is 15.2. The van der Waals surface area contributed by atoms with Crippen molar-refractivity contribution in [1.29, 1.82) is 0 Å². The number of hydrogen-bond donors (Lipinski definition) is 2. The Hall–Kier alpha value is -2.63. The molecule has 2 aromatic rings. The summed E-state index contributed by atoms with van der Waals surface area (Å²) in [6.45, 7) is 2.12. The third kappa shape index (κ3) is 3.68. The van der Waals surface area contributed by atoms with Crippen molar-refractivity contribution in [3.63, 3.8) is 0 Å². The maximum atomic E-state index is 12.0. The first kappa shape index (κ1) is 14.8. The van der Waals surface area contributed by atoms with E-state index in [-0.39, 0.29) is 11.6 Å². The second kappa shape index (κ2) is 6.69. The summed E-state index contributed by atoms with van der Waals surface area (Å²) in [4.78, 5) is 23.1. The van der Waals surface area contributed by atoms with E-state index in [4.69, 9.17) is 5.11 Å². The van der Waals surface area contributed by atoms with Crippen LogP contribution in [0, 0.1) is 0 Å². The third-order valence-corrected chi connectivity index (χ3v) is 3.19. The van der Waals surface area contributed by atoms with Crippen molar-refractivity contribution in [1.82, 2.24) is 15.1 Å². The highest BCUT2D eigenvalue weighted by Crippen LogP contribution is 2.09. The monoisotopic (exact) mass is 287 g/mol. The number of benzene rings is 1. The molecular formula is C15H17N3O3. The van der Waals surface area contributed by atoms with Crippen molar-refractivity contribution in [2.45, 2.75) is 19.4 Å². The van der Waals surface area contributed by atoms with Crippen LogP contribution in [0.5, 0.6) is 0 Å².